The molecule has 0 spiro atoms. The van der Waals surface area contributed by atoms with Crippen molar-refractivity contribution < 1.29 is 72.8 Å². The Hall–Kier alpha value is -1.13. The molecule has 2 saturated carbocycles. The Labute approximate surface area is 331 Å². The number of rotatable bonds is 5. The Balaban J connectivity index is -0.000000263. The van der Waals surface area contributed by atoms with E-state index in [1.807, 2.05) is 20.8 Å². The summed E-state index contributed by atoms with van der Waals surface area (Å²) in [6.45, 7) is 21.8. The van der Waals surface area contributed by atoms with E-state index in [1.54, 1.807) is 0 Å². The number of piperidine rings is 2. The molecule has 49 heavy (non-hydrogen) atoms. The number of nitrogens with zero attached hydrogens (tertiary/aromatic N) is 1. The molecule has 6 atom stereocenters. The van der Waals surface area contributed by atoms with E-state index < -0.39 is 17.9 Å². The molecule has 279 valence electrons. The number of fused-ring (bicyclic) bond motifs is 2. The zero-order valence-electron chi connectivity index (χ0n) is 30.7. The van der Waals surface area contributed by atoms with Gasteiger partial charge in [0.05, 0.1) is 5.34 Å². The minimum absolute atomic E-state index is 0. The predicted molar refractivity (Wildman–Crippen MR) is 188 cm³/mol. The predicted octanol–water partition coefficient (Wildman–Crippen LogP) is 0.152. The molecular formula is C31H56BCl3N4NaO9. The van der Waals surface area contributed by atoms with Crippen LogP contribution in [-0.2, 0) is 43.2 Å². The Morgan fingerprint density at radius 1 is 0.796 bits per heavy atom. The Kier molecular flexibility index (Phi) is 30.7. The van der Waals surface area contributed by atoms with Crippen molar-refractivity contribution in [1.82, 2.24) is 10.2 Å². The van der Waals surface area contributed by atoms with Crippen LogP contribution in [0.1, 0.15) is 75.2 Å². The third kappa shape index (κ3) is 28.2. The van der Waals surface area contributed by atoms with Crippen LogP contribution >= 0.6 is 35.6 Å². The molecule has 0 aromatic heterocycles. The number of hydrogen-bond donors (Lipinski definition) is 3. The van der Waals surface area contributed by atoms with E-state index in [9.17, 15) is 28.8 Å². The fourth-order valence-corrected chi connectivity index (χ4v) is 4.92. The Morgan fingerprint density at radius 2 is 1.14 bits per heavy atom. The van der Waals surface area contributed by atoms with Crippen LogP contribution < -0.4 is 46.3 Å². The van der Waals surface area contributed by atoms with E-state index in [4.69, 9.17) is 34.7 Å². The van der Waals surface area contributed by atoms with Crippen LogP contribution in [-0.4, -0.2) is 87.0 Å². The number of alkyl halides is 2. The van der Waals surface area contributed by atoms with Crippen molar-refractivity contribution in [1.29, 1.82) is 0 Å². The van der Waals surface area contributed by atoms with Crippen LogP contribution in [0.25, 0.3) is 0 Å². The second kappa shape index (κ2) is 27.5. The second-order valence-electron chi connectivity index (χ2n) is 14.0. The fourth-order valence-electron chi connectivity index (χ4n) is 4.92. The summed E-state index contributed by atoms with van der Waals surface area (Å²) >= 11 is 9.53. The van der Waals surface area contributed by atoms with Crippen LogP contribution in [0.15, 0.2) is 0 Å². The monoisotopic (exact) mass is 767 g/mol. The summed E-state index contributed by atoms with van der Waals surface area (Å²) in [5.74, 6) is 0.828. The van der Waals surface area contributed by atoms with E-state index in [0.717, 1.165) is 46.3 Å². The van der Waals surface area contributed by atoms with Gasteiger partial charge in [0.1, 0.15) is 6.29 Å². The summed E-state index contributed by atoms with van der Waals surface area (Å²) in [6.07, 6.45) is 2.85. The topological polar surface area (TPSA) is 197 Å². The SMILES string of the molecule is CC(=O)OOC(C)=O.CC(C)(C)CC=O.CC(C)(C)CCN1C[C@@H]2C(C(N)=O)[C@@H]2C1.Cl.ClCCl.NC(=O)C1[C@H]2CNC[C@@H]12.[B-]OC(C)=O.[Na+]. The molecule has 18 heteroatoms. The van der Waals surface area contributed by atoms with Gasteiger partial charge in [0.15, 0.2) is 0 Å². The minimum Gasteiger partial charge on any atom is -0.793 e. The molecule has 5 N–H and O–H groups in total. The van der Waals surface area contributed by atoms with Crippen LogP contribution in [0, 0.1) is 46.3 Å². The molecule has 4 rings (SSSR count). The van der Waals surface area contributed by atoms with Crippen LogP contribution in [0.4, 0.5) is 0 Å². The molecule has 2 aliphatic heterocycles. The normalized spacial score (nSPS) is 23.3. The van der Waals surface area contributed by atoms with E-state index >= 15 is 0 Å². The van der Waals surface area contributed by atoms with Gasteiger partial charge < -0.3 is 39.2 Å². The van der Waals surface area contributed by atoms with Gasteiger partial charge in [-0.2, -0.15) is 0 Å². The molecule has 2 heterocycles. The molecule has 2 aliphatic carbocycles. The standard InChI is InChI=1S/C12H22N2O.C6H10N2O.C6H12O.C4H6O4.C2H3BO2.CH2Cl2.ClH.Na/c1-12(2,3)4-5-14-6-8-9(7-14)10(8)11(13)15;7-6(9)5-3-1-8-2-4(3)5;1-6(2,3)4-5-7;1-3(5)7-8-4(2)6;1-2(4)5-3;2-1-3;;/h8-10H,4-7H2,1-3H3,(H2,13,15);3-5,8H,1-2H2,(H2,7,9);5H,4H2,1-3H3;1-2H3;1H3;1H2;1H;/q;;;;-1;;;+1/t8-,9+,10?;3-,4+,5?;;;;;;. The van der Waals surface area contributed by atoms with Crippen molar-refractivity contribution in [3.8, 4) is 0 Å². The summed E-state index contributed by atoms with van der Waals surface area (Å²) < 4.78 is 3.61. The van der Waals surface area contributed by atoms with Gasteiger partial charge in [-0.25, -0.2) is 19.4 Å². The van der Waals surface area contributed by atoms with Crippen LogP contribution in [0.2, 0.25) is 0 Å². The van der Waals surface area contributed by atoms with Gasteiger partial charge in [-0.1, -0.05) is 41.5 Å². The summed E-state index contributed by atoms with van der Waals surface area (Å²) in [5, 5.41) is 3.39. The number of carbonyl (C=O) groups is 6. The van der Waals surface area contributed by atoms with E-state index in [2.05, 4.69) is 53.5 Å². The fraction of sp³-hybridized carbons (Fsp3) is 0.806. The number of likely N-dealkylation sites (tertiary alicyclic amines) is 1. The summed E-state index contributed by atoms with van der Waals surface area (Å²) in [5.41, 5.74) is 11.0. The molecule has 4 fully saturated rings. The molecule has 0 aromatic carbocycles. The molecule has 0 bridgehead atoms. The second-order valence-corrected chi connectivity index (χ2v) is 14.8. The number of amides is 2. The molecule has 2 amide bonds. The van der Waals surface area contributed by atoms with Crippen LogP contribution in [0.5, 0.6) is 0 Å². The first-order chi connectivity index (χ1) is 21.6. The largest absolute Gasteiger partial charge is 1.00 e. The van der Waals surface area contributed by atoms with Gasteiger partial charge in [0.2, 0.25) is 17.8 Å². The zero-order valence-corrected chi connectivity index (χ0v) is 35.0. The van der Waals surface area contributed by atoms with E-state index in [0.29, 0.717) is 35.5 Å². The van der Waals surface area contributed by atoms with Crippen LogP contribution in [0.3, 0.4) is 0 Å². The molecule has 2 saturated heterocycles. The van der Waals surface area contributed by atoms with Crippen molar-refractivity contribution in [2.24, 2.45) is 57.8 Å². The summed E-state index contributed by atoms with van der Waals surface area (Å²) in [4.78, 5) is 70.7. The molecule has 2 unspecified atom stereocenters. The first kappa shape index (κ1) is 54.6. The number of nitrogens with two attached hydrogens (primary N) is 2. The quantitative estimate of drug-likeness (QED) is 0.113. The van der Waals surface area contributed by atoms with Gasteiger partial charge in [0, 0.05) is 52.1 Å². The number of primary amides is 2. The van der Waals surface area contributed by atoms with Crippen molar-refractivity contribution >= 4 is 79.7 Å². The molecule has 3 radical (unpaired) electrons. The third-order valence-corrected chi connectivity index (χ3v) is 7.33. The van der Waals surface area contributed by atoms with Gasteiger partial charge in [0.25, 0.3) is 0 Å². The number of nitrogens with one attached hydrogen (secondary N) is 1. The molecule has 13 nitrogen and oxygen atoms in total. The first-order valence-electron chi connectivity index (χ1n) is 15.4. The van der Waals surface area contributed by atoms with Crippen molar-refractivity contribution in [3.05, 3.63) is 0 Å². The average molecular weight is 769 g/mol. The third-order valence-electron chi connectivity index (χ3n) is 7.33. The maximum atomic E-state index is 11.0. The maximum Gasteiger partial charge on any atom is 1.00 e. The minimum atomic E-state index is -0.639. The molecule has 0 aromatic rings. The summed E-state index contributed by atoms with van der Waals surface area (Å²) in [6, 6.07) is 0. The Morgan fingerprint density at radius 3 is 1.35 bits per heavy atom. The number of hydrogen-bond acceptors (Lipinski definition) is 11. The molecule has 4 aliphatic rings. The van der Waals surface area contributed by atoms with Crippen molar-refractivity contribution in [2.45, 2.75) is 75.2 Å². The molecular weight excluding hydrogens is 713 g/mol. The number of aldehydes is 1. The number of carbonyl (C=O) groups excluding carboxylic acids is 6. The van der Waals surface area contributed by atoms with Gasteiger partial charge in [-0.3, -0.25) is 14.4 Å². The van der Waals surface area contributed by atoms with Gasteiger partial charge in [-0.15, -0.1) is 35.6 Å². The van der Waals surface area contributed by atoms with E-state index in [1.165, 1.54) is 19.9 Å². The zero-order chi connectivity index (χ0) is 37.1. The van der Waals surface area contributed by atoms with Crippen molar-refractivity contribution in [3.63, 3.8) is 0 Å². The van der Waals surface area contributed by atoms with Crippen molar-refractivity contribution in [2.75, 3.05) is 38.1 Å². The van der Waals surface area contributed by atoms with E-state index in [-0.39, 0.29) is 76.4 Å². The number of halogens is 3. The Bertz CT molecular complexity index is 984. The van der Waals surface area contributed by atoms with Gasteiger partial charge in [-0.05, 0) is 60.6 Å². The average Bonchev–Trinajstić information content (AvgIpc) is 3.66. The summed E-state index contributed by atoms with van der Waals surface area (Å²) in [7, 11) is 4.32. The smallest absolute Gasteiger partial charge is 0.793 e. The maximum absolute atomic E-state index is 11.0. The first-order valence-corrected chi connectivity index (χ1v) is 16.4. The van der Waals surface area contributed by atoms with Gasteiger partial charge >= 0.3 is 41.5 Å².